The first-order valence-electron chi connectivity index (χ1n) is 6.50. The van der Waals surface area contributed by atoms with Gasteiger partial charge in [0, 0.05) is 17.1 Å². The van der Waals surface area contributed by atoms with Gasteiger partial charge in [-0.1, -0.05) is 12.1 Å². The predicted molar refractivity (Wildman–Crippen MR) is 80.2 cm³/mol. The van der Waals surface area contributed by atoms with Crippen molar-refractivity contribution in [2.24, 2.45) is 0 Å². The van der Waals surface area contributed by atoms with Gasteiger partial charge < -0.3 is 9.47 Å². The number of pyridine rings is 1. The highest BCUT2D eigenvalue weighted by atomic mass is 19.1. The van der Waals surface area contributed by atoms with Gasteiger partial charge in [-0.2, -0.15) is 0 Å². The van der Waals surface area contributed by atoms with Crippen LogP contribution in [0.25, 0.3) is 22.0 Å². The second-order valence-corrected chi connectivity index (χ2v) is 4.57. The van der Waals surface area contributed by atoms with Gasteiger partial charge in [0.2, 0.25) is 0 Å². The van der Waals surface area contributed by atoms with Crippen LogP contribution in [0.1, 0.15) is 0 Å². The lowest BCUT2D eigenvalue weighted by molar-refractivity contribution is 0.356. The largest absolute Gasteiger partial charge is 0.493 e. The smallest absolute Gasteiger partial charge is 0.161 e. The number of hydrogen-bond acceptors (Lipinski definition) is 3. The van der Waals surface area contributed by atoms with E-state index in [1.807, 2.05) is 18.2 Å². The third kappa shape index (κ3) is 2.29. The molecule has 0 unspecified atom stereocenters. The van der Waals surface area contributed by atoms with Crippen LogP contribution in [-0.4, -0.2) is 19.2 Å². The minimum Gasteiger partial charge on any atom is -0.493 e. The maximum Gasteiger partial charge on any atom is 0.161 e. The molecular formula is C17H14FNO2. The van der Waals surface area contributed by atoms with E-state index < -0.39 is 0 Å². The summed E-state index contributed by atoms with van der Waals surface area (Å²) in [6.07, 6.45) is 1.66. The molecule has 0 fully saturated rings. The molecular weight excluding hydrogens is 269 g/mol. The Labute approximate surface area is 122 Å². The minimum absolute atomic E-state index is 0.299. The number of nitrogens with zero attached hydrogens (tertiary/aromatic N) is 1. The van der Waals surface area contributed by atoms with E-state index in [2.05, 4.69) is 4.98 Å². The van der Waals surface area contributed by atoms with Crippen LogP contribution in [0.3, 0.4) is 0 Å². The van der Waals surface area contributed by atoms with E-state index in [1.165, 1.54) is 6.07 Å². The summed E-state index contributed by atoms with van der Waals surface area (Å²) in [5.41, 5.74) is 1.06. The molecule has 0 amide bonds. The lowest BCUT2D eigenvalue weighted by Gasteiger charge is -2.12. The quantitative estimate of drug-likeness (QED) is 0.726. The van der Waals surface area contributed by atoms with E-state index in [9.17, 15) is 4.39 Å². The molecule has 0 aliphatic carbocycles. The first-order valence-corrected chi connectivity index (χ1v) is 6.50. The number of rotatable bonds is 3. The van der Waals surface area contributed by atoms with Crippen molar-refractivity contribution in [1.29, 1.82) is 0 Å². The first-order chi connectivity index (χ1) is 10.2. The molecule has 0 spiro atoms. The molecule has 1 heterocycles. The molecule has 3 nitrogen and oxygen atoms in total. The number of aromatic nitrogens is 1. The van der Waals surface area contributed by atoms with Gasteiger partial charge in [-0.15, -0.1) is 0 Å². The number of halogens is 1. The van der Waals surface area contributed by atoms with Crippen molar-refractivity contribution in [3.05, 3.63) is 54.5 Å². The van der Waals surface area contributed by atoms with E-state index in [4.69, 9.17) is 9.47 Å². The summed E-state index contributed by atoms with van der Waals surface area (Å²) in [5.74, 6) is 0.929. The van der Waals surface area contributed by atoms with Crippen molar-refractivity contribution >= 4 is 10.8 Å². The third-order valence-electron chi connectivity index (χ3n) is 3.40. The summed E-state index contributed by atoms with van der Waals surface area (Å²) < 4.78 is 24.6. The van der Waals surface area contributed by atoms with Crippen molar-refractivity contribution in [3.8, 4) is 22.8 Å². The summed E-state index contributed by atoms with van der Waals surface area (Å²) in [4.78, 5) is 4.33. The van der Waals surface area contributed by atoms with Gasteiger partial charge in [0.1, 0.15) is 5.82 Å². The molecule has 1 aromatic heterocycles. The van der Waals surface area contributed by atoms with Gasteiger partial charge in [0.15, 0.2) is 11.5 Å². The summed E-state index contributed by atoms with van der Waals surface area (Å²) in [6, 6.07) is 12.1. The second-order valence-electron chi connectivity index (χ2n) is 4.57. The molecule has 0 bridgehead atoms. The molecule has 0 N–H and O–H groups in total. The standard InChI is InChI=1S/C17H14FNO2/c1-20-15-9-11-7-8-19-17(13(11)10-16(15)21-2)12-5-3-4-6-14(12)18/h3-10H,1-2H3. The van der Waals surface area contributed by atoms with Crippen molar-refractivity contribution in [2.45, 2.75) is 0 Å². The lowest BCUT2D eigenvalue weighted by atomic mass is 10.0. The Morgan fingerprint density at radius 1 is 0.952 bits per heavy atom. The number of ether oxygens (including phenoxy) is 2. The van der Waals surface area contributed by atoms with Gasteiger partial charge in [-0.05, 0) is 35.7 Å². The van der Waals surface area contributed by atoms with Crippen molar-refractivity contribution in [1.82, 2.24) is 4.98 Å². The van der Waals surface area contributed by atoms with Gasteiger partial charge in [-0.3, -0.25) is 4.98 Å². The molecule has 0 aliphatic heterocycles. The molecule has 3 aromatic rings. The fourth-order valence-electron chi connectivity index (χ4n) is 2.37. The van der Waals surface area contributed by atoms with Crippen molar-refractivity contribution in [2.75, 3.05) is 14.2 Å². The minimum atomic E-state index is -0.299. The normalized spacial score (nSPS) is 10.6. The SMILES string of the molecule is COc1cc2ccnc(-c3ccccc3F)c2cc1OC. The number of methoxy groups -OCH3 is 2. The maximum absolute atomic E-state index is 14.0. The van der Waals surface area contributed by atoms with Crippen molar-refractivity contribution < 1.29 is 13.9 Å². The summed E-state index contributed by atoms with van der Waals surface area (Å²) in [5, 5.41) is 1.74. The number of benzene rings is 2. The van der Waals surface area contributed by atoms with Crippen LogP contribution in [0, 0.1) is 5.82 Å². The van der Waals surface area contributed by atoms with Crippen LogP contribution in [0.4, 0.5) is 4.39 Å². The second kappa shape index (κ2) is 5.40. The molecule has 106 valence electrons. The van der Waals surface area contributed by atoms with Crippen LogP contribution in [0.15, 0.2) is 48.7 Å². The lowest BCUT2D eigenvalue weighted by Crippen LogP contribution is -1.93. The molecule has 2 aromatic carbocycles. The van der Waals surface area contributed by atoms with Crippen LogP contribution in [-0.2, 0) is 0 Å². The average molecular weight is 283 g/mol. The predicted octanol–water partition coefficient (Wildman–Crippen LogP) is 4.06. The molecule has 0 saturated carbocycles. The summed E-state index contributed by atoms with van der Waals surface area (Å²) in [7, 11) is 3.16. The molecule has 4 heteroatoms. The van der Waals surface area contributed by atoms with E-state index in [-0.39, 0.29) is 5.82 Å². The average Bonchev–Trinajstić information content (AvgIpc) is 2.53. The zero-order valence-corrected chi connectivity index (χ0v) is 11.8. The molecule has 3 rings (SSSR count). The zero-order chi connectivity index (χ0) is 14.8. The number of fused-ring (bicyclic) bond motifs is 1. The monoisotopic (exact) mass is 283 g/mol. The molecule has 0 atom stereocenters. The van der Waals surface area contributed by atoms with Gasteiger partial charge in [0.05, 0.1) is 19.9 Å². The Morgan fingerprint density at radius 3 is 2.38 bits per heavy atom. The highest BCUT2D eigenvalue weighted by Crippen LogP contribution is 2.36. The van der Waals surface area contributed by atoms with Crippen LogP contribution in [0.2, 0.25) is 0 Å². The molecule has 21 heavy (non-hydrogen) atoms. The third-order valence-corrected chi connectivity index (χ3v) is 3.40. The van der Waals surface area contributed by atoms with E-state index in [0.29, 0.717) is 22.8 Å². The zero-order valence-electron chi connectivity index (χ0n) is 11.8. The topological polar surface area (TPSA) is 31.4 Å². The molecule has 0 radical (unpaired) electrons. The summed E-state index contributed by atoms with van der Waals surface area (Å²) >= 11 is 0. The van der Waals surface area contributed by atoms with Crippen LogP contribution >= 0.6 is 0 Å². The van der Waals surface area contributed by atoms with Crippen LogP contribution in [0.5, 0.6) is 11.5 Å². The Balaban J connectivity index is 2.32. The Bertz CT molecular complexity index is 802. The van der Waals surface area contributed by atoms with E-state index >= 15 is 0 Å². The highest BCUT2D eigenvalue weighted by molar-refractivity contribution is 5.96. The first kappa shape index (κ1) is 13.4. The van der Waals surface area contributed by atoms with E-state index in [0.717, 1.165) is 10.8 Å². The van der Waals surface area contributed by atoms with Crippen molar-refractivity contribution in [3.63, 3.8) is 0 Å². The fraction of sp³-hybridized carbons (Fsp3) is 0.118. The highest BCUT2D eigenvalue weighted by Gasteiger charge is 2.13. The Morgan fingerprint density at radius 2 is 1.67 bits per heavy atom. The van der Waals surface area contributed by atoms with Gasteiger partial charge >= 0.3 is 0 Å². The Hall–Kier alpha value is -2.62. The molecule has 0 saturated heterocycles. The molecule has 0 aliphatic rings. The van der Waals surface area contributed by atoms with Crippen LogP contribution < -0.4 is 9.47 Å². The Kier molecular flexibility index (Phi) is 3.44. The van der Waals surface area contributed by atoms with Gasteiger partial charge in [-0.25, -0.2) is 4.39 Å². The fourth-order valence-corrected chi connectivity index (χ4v) is 2.37. The maximum atomic E-state index is 14.0. The number of hydrogen-bond donors (Lipinski definition) is 0. The summed E-state index contributed by atoms with van der Waals surface area (Å²) in [6.45, 7) is 0. The van der Waals surface area contributed by atoms with Gasteiger partial charge in [0.25, 0.3) is 0 Å². The van der Waals surface area contributed by atoms with E-state index in [1.54, 1.807) is 38.6 Å².